The quantitative estimate of drug-likeness (QED) is 0.929. The number of nitrogens with one attached hydrogen (secondary N) is 1. The van der Waals surface area contributed by atoms with Crippen molar-refractivity contribution in [1.82, 2.24) is 20.0 Å². The molecule has 114 valence electrons. The van der Waals surface area contributed by atoms with Gasteiger partial charge >= 0.3 is 0 Å². The Kier molecular flexibility index (Phi) is 3.06. The third kappa shape index (κ3) is 2.22. The molecule has 1 N–H and O–H groups in total. The van der Waals surface area contributed by atoms with E-state index < -0.39 is 0 Å². The Morgan fingerprint density at radius 2 is 2.23 bits per heavy atom. The van der Waals surface area contributed by atoms with Crippen LogP contribution in [-0.4, -0.2) is 32.5 Å². The number of aromatic amines is 1. The van der Waals surface area contributed by atoms with Crippen molar-refractivity contribution in [3.05, 3.63) is 46.0 Å². The maximum absolute atomic E-state index is 12.6. The second-order valence-electron chi connectivity index (χ2n) is 5.83. The molecule has 7 heteroatoms. The Labute approximate surface area is 126 Å². The Morgan fingerprint density at radius 3 is 3.00 bits per heavy atom. The maximum atomic E-state index is 12.6. The molecule has 22 heavy (non-hydrogen) atoms. The summed E-state index contributed by atoms with van der Waals surface area (Å²) in [7, 11) is 0. The van der Waals surface area contributed by atoms with Gasteiger partial charge in [-0.25, -0.2) is 0 Å². The largest absolute Gasteiger partial charge is 0.339 e. The molecule has 1 amide bonds. The first kappa shape index (κ1) is 13.2. The van der Waals surface area contributed by atoms with Gasteiger partial charge in [0, 0.05) is 18.7 Å². The number of aromatic nitrogens is 3. The van der Waals surface area contributed by atoms with Gasteiger partial charge in [-0.15, -0.1) is 0 Å². The third-order valence-corrected chi connectivity index (χ3v) is 4.24. The van der Waals surface area contributed by atoms with Crippen molar-refractivity contribution >= 4 is 5.91 Å². The first-order valence-electron chi connectivity index (χ1n) is 7.56. The lowest BCUT2D eigenvalue weighted by molar-refractivity contribution is 0.0726. The number of pyridine rings is 1. The van der Waals surface area contributed by atoms with E-state index in [9.17, 15) is 9.59 Å². The molecule has 3 heterocycles. The van der Waals surface area contributed by atoms with Crippen LogP contribution >= 0.6 is 0 Å². The molecule has 2 aromatic heterocycles. The van der Waals surface area contributed by atoms with E-state index in [2.05, 4.69) is 15.1 Å². The minimum atomic E-state index is -0.370. The topological polar surface area (TPSA) is 92.1 Å². The van der Waals surface area contributed by atoms with E-state index in [1.54, 1.807) is 17.0 Å². The molecule has 1 saturated heterocycles. The van der Waals surface area contributed by atoms with Crippen molar-refractivity contribution in [2.45, 2.75) is 37.6 Å². The predicted molar refractivity (Wildman–Crippen MR) is 76.3 cm³/mol. The van der Waals surface area contributed by atoms with Gasteiger partial charge in [-0.1, -0.05) is 5.16 Å². The van der Waals surface area contributed by atoms with E-state index in [1.165, 1.54) is 6.20 Å². The summed E-state index contributed by atoms with van der Waals surface area (Å²) in [6.45, 7) is 0.602. The molecule has 1 saturated carbocycles. The molecule has 1 atom stereocenters. The van der Waals surface area contributed by atoms with Gasteiger partial charge in [0.15, 0.2) is 5.82 Å². The molecule has 0 spiro atoms. The Bertz CT molecular complexity index is 762. The second-order valence-corrected chi connectivity index (χ2v) is 5.83. The van der Waals surface area contributed by atoms with Crippen LogP contribution < -0.4 is 5.56 Å². The molecule has 2 aliphatic rings. The first-order chi connectivity index (χ1) is 10.7. The van der Waals surface area contributed by atoms with Crippen molar-refractivity contribution < 1.29 is 9.32 Å². The first-order valence-corrected chi connectivity index (χ1v) is 7.56. The molecule has 0 aromatic carbocycles. The summed E-state index contributed by atoms with van der Waals surface area (Å²) in [5, 5.41) is 4.04. The highest BCUT2D eigenvalue weighted by atomic mass is 16.5. The average Bonchev–Trinajstić information content (AvgIpc) is 3.07. The van der Waals surface area contributed by atoms with Crippen molar-refractivity contribution in [1.29, 1.82) is 0 Å². The summed E-state index contributed by atoms with van der Waals surface area (Å²) >= 11 is 0. The number of H-pyrrole nitrogens is 1. The molecular formula is C15H16N4O3. The number of hydrogen-bond acceptors (Lipinski definition) is 5. The van der Waals surface area contributed by atoms with Crippen LogP contribution in [0.25, 0.3) is 0 Å². The number of likely N-dealkylation sites (tertiary alicyclic amines) is 1. The highest BCUT2D eigenvalue weighted by Crippen LogP contribution is 2.40. The molecule has 0 radical (unpaired) electrons. The number of amides is 1. The van der Waals surface area contributed by atoms with Crippen molar-refractivity contribution in [2.24, 2.45) is 0 Å². The van der Waals surface area contributed by atoms with E-state index in [-0.39, 0.29) is 23.1 Å². The number of rotatable bonds is 3. The second kappa shape index (κ2) is 5.08. The number of carbonyl (C=O) groups excluding carboxylic acids is 1. The van der Waals surface area contributed by atoms with Gasteiger partial charge < -0.3 is 14.4 Å². The standard InChI is InChI=1S/C15H16N4O3/c20-13-10(3-1-7-16-13)15(21)19-8-2-4-11(19)12-17-14(22-18-12)9-5-6-9/h1,3,7,9,11H,2,4-6,8H2,(H,16,20)/t11-/m0/s1. The zero-order valence-corrected chi connectivity index (χ0v) is 12.0. The highest BCUT2D eigenvalue weighted by Gasteiger charge is 2.36. The fourth-order valence-electron chi connectivity index (χ4n) is 2.90. The van der Waals surface area contributed by atoms with Crippen LogP contribution in [0.5, 0.6) is 0 Å². The van der Waals surface area contributed by atoms with Gasteiger partial charge in [-0.05, 0) is 37.8 Å². The van der Waals surface area contributed by atoms with E-state index in [1.807, 2.05) is 0 Å². The Balaban J connectivity index is 1.61. The predicted octanol–water partition coefficient (Wildman–Crippen LogP) is 1.61. The van der Waals surface area contributed by atoms with E-state index in [4.69, 9.17) is 4.52 Å². The van der Waals surface area contributed by atoms with Gasteiger partial charge in [0.25, 0.3) is 11.5 Å². The van der Waals surface area contributed by atoms with Crippen molar-refractivity contribution in [3.8, 4) is 0 Å². The van der Waals surface area contributed by atoms with Crippen LogP contribution in [0.1, 0.15) is 59.7 Å². The number of nitrogens with zero attached hydrogens (tertiary/aromatic N) is 3. The fourth-order valence-corrected chi connectivity index (χ4v) is 2.90. The van der Waals surface area contributed by atoms with Crippen LogP contribution in [0.3, 0.4) is 0 Å². The van der Waals surface area contributed by atoms with Gasteiger partial charge in [0.1, 0.15) is 5.56 Å². The summed E-state index contributed by atoms with van der Waals surface area (Å²) in [4.78, 5) is 33.1. The summed E-state index contributed by atoms with van der Waals surface area (Å²) in [6, 6.07) is 2.99. The van der Waals surface area contributed by atoms with Crippen LogP contribution in [0.4, 0.5) is 0 Å². The van der Waals surface area contributed by atoms with Gasteiger partial charge in [0.2, 0.25) is 5.89 Å². The molecule has 0 unspecified atom stereocenters. The molecule has 1 aliphatic carbocycles. The molecule has 2 fully saturated rings. The molecule has 2 aromatic rings. The van der Waals surface area contributed by atoms with Gasteiger partial charge in [-0.2, -0.15) is 4.98 Å². The lowest BCUT2D eigenvalue weighted by Crippen LogP contribution is -2.34. The van der Waals surface area contributed by atoms with Gasteiger partial charge in [0.05, 0.1) is 6.04 Å². The normalized spacial score (nSPS) is 21.3. The maximum Gasteiger partial charge on any atom is 0.260 e. The monoisotopic (exact) mass is 300 g/mol. The van der Waals surface area contributed by atoms with Crippen LogP contribution in [0, 0.1) is 0 Å². The van der Waals surface area contributed by atoms with E-state index >= 15 is 0 Å². The molecule has 0 bridgehead atoms. The Morgan fingerprint density at radius 1 is 1.36 bits per heavy atom. The minimum Gasteiger partial charge on any atom is -0.339 e. The SMILES string of the molecule is O=C(c1ccc[nH]c1=O)N1CCC[C@H]1c1noc(C2CC2)n1. The van der Waals surface area contributed by atoms with Crippen molar-refractivity contribution in [2.75, 3.05) is 6.54 Å². The zero-order valence-electron chi connectivity index (χ0n) is 12.0. The molecular weight excluding hydrogens is 284 g/mol. The molecule has 4 rings (SSSR count). The van der Waals surface area contributed by atoms with Gasteiger partial charge in [-0.3, -0.25) is 9.59 Å². The summed E-state index contributed by atoms with van der Waals surface area (Å²) in [6.07, 6.45) is 5.36. The van der Waals surface area contributed by atoms with E-state index in [0.29, 0.717) is 24.2 Å². The lowest BCUT2D eigenvalue weighted by atomic mass is 10.2. The summed E-state index contributed by atoms with van der Waals surface area (Å²) in [5.41, 5.74) is -0.217. The average molecular weight is 300 g/mol. The summed E-state index contributed by atoms with van der Waals surface area (Å²) < 4.78 is 5.29. The third-order valence-electron chi connectivity index (χ3n) is 4.24. The smallest absolute Gasteiger partial charge is 0.260 e. The number of carbonyl (C=O) groups is 1. The summed E-state index contributed by atoms with van der Waals surface area (Å²) in [5.74, 6) is 1.35. The Hall–Kier alpha value is -2.44. The minimum absolute atomic E-state index is 0.153. The highest BCUT2D eigenvalue weighted by molar-refractivity contribution is 5.94. The molecule has 1 aliphatic heterocycles. The van der Waals surface area contributed by atoms with Crippen LogP contribution in [0.15, 0.2) is 27.6 Å². The van der Waals surface area contributed by atoms with Crippen LogP contribution in [-0.2, 0) is 0 Å². The lowest BCUT2D eigenvalue weighted by Gasteiger charge is -2.21. The van der Waals surface area contributed by atoms with Crippen LogP contribution in [0.2, 0.25) is 0 Å². The number of hydrogen-bond donors (Lipinski definition) is 1. The zero-order chi connectivity index (χ0) is 15.1. The molecule has 7 nitrogen and oxygen atoms in total. The van der Waals surface area contributed by atoms with E-state index in [0.717, 1.165) is 25.7 Å². The van der Waals surface area contributed by atoms with Crippen molar-refractivity contribution in [3.63, 3.8) is 0 Å². The fraction of sp³-hybridized carbons (Fsp3) is 0.467.